The first-order chi connectivity index (χ1) is 14.7. The molecule has 0 spiro atoms. The predicted molar refractivity (Wildman–Crippen MR) is 109 cm³/mol. The number of benzene rings is 2. The number of anilines is 1. The van der Waals surface area contributed by atoms with Gasteiger partial charge in [-0.05, 0) is 55.2 Å². The van der Waals surface area contributed by atoms with Gasteiger partial charge in [0.25, 0.3) is 5.89 Å². The SMILES string of the molecule is CS(=O)(=O)Nc1cc(-c2nc(-c3ccc(C(=O)O)c(F)c3)no2)ccc1OCC1CC1. The maximum absolute atomic E-state index is 14.0. The van der Waals surface area contributed by atoms with Gasteiger partial charge in [0.1, 0.15) is 11.6 Å². The first-order valence-corrected chi connectivity index (χ1v) is 11.2. The quantitative estimate of drug-likeness (QED) is 0.537. The van der Waals surface area contributed by atoms with Crippen molar-refractivity contribution in [3.05, 3.63) is 47.8 Å². The summed E-state index contributed by atoms with van der Waals surface area (Å²) in [5.74, 6) is -1.31. The molecule has 1 aromatic heterocycles. The van der Waals surface area contributed by atoms with E-state index >= 15 is 0 Å². The van der Waals surface area contributed by atoms with Crippen LogP contribution in [0.4, 0.5) is 10.1 Å². The number of carboxylic acid groups (broad SMARTS) is 1. The number of nitrogens with zero attached hydrogens (tertiary/aromatic N) is 2. The molecule has 3 aromatic rings. The molecule has 1 fully saturated rings. The molecule has 0 bridgehead atoms. The number of rotatable bonds is 8. The van der Waals surface area contributed by atoms with Gasteiger partial charge in [0, 0.05) is 11.1 Å². The van der Waals surface area contributed by atoms with Crippen molar-refractivity contribution in [2.45, 2.75) is 12.8 Å². The molecule has 0 unspecified atom stereocenters. The summed E-state index contributed by atoms with van der Waals surface area (Å²) < 4.78 is 50.9. The second kappa shape index (κ2) is 7.99. The number of aromatic nitrogens is 2. The molecule has 0 amide bonds. The van der Waals surface area contributed by atoms with E-state index in [0.29, 0.717) is 23.8 Å². The summed E-state index contributed by atoms with van der Waals surface area (Å²) >= 11 is 0. The number of carboxylic acids is 1. The number of hydrogen-bond donors (Lipinski definition) is 2. The van der Waals surface area contributed by atoms with E-state index in [9.17, 15) is 17.6 Å². The Bertz CT molecular complexity index is 1250. The Morgan fingerprint density at radius 1 is 1.26 bits per heavy atom. The largest absolute Gasteiger partial charge is 0.491 e. The van der Waals surface area contributed by atoms with Crippen molar-refractivity contribution < 1.29 is 32.0 Å². The maximum atomic E-state index is 14.0. The molecule has 2 N–H and O–H groups in total. The summed E-state index contributed by atoms with van der Waals surface area (Å²) in [7, 11) is -3.56. The molecule has 31 heavy (non-hydrogen) atoms. The van der Waals surface area contributed by atoms with E-state index in [1.165, 1.54) is 12.1 Å². The molecule has 1 aliphatic rings. The molecule has 9 nitrogen and oxygen atoms in total. The third-order valence-electron chi connectivity index (χ3n) is 4.58. The smallest absolute Gasteiger partial charge is 0.338 e. The second-order valence-electron chi connectivity index (χ2n) is 7.26. The molecular weight excluding hydrogens is 429 g/mol. The molecule has 11 heteroatoms. The Kier molecular flexibility index (Phi) is 5.36. The van der Waals surface area contributed by atoms with Crippen LogP contribution >= 0.6 is 0 Å². The van der Waals surface area contributed by atoms with Crippen LogP contribution in [-0.2, 0) is 10.0 Å². The van der Waals surface area contributed by atoms with Crippen LogP contribution in [0.25, 0.3) is 22.8 Å². The van der Waals surface area contributed by atoms with Crippen molar-refractivity contribution >= 4 is 21.7 Å². The second-order valence-corrected chi connectivity index (χ2v) is 9.01. The lowest BCUT2D eigenvalue weighted by Crippen LogP contribution is -2.11. The topological polar surface area (TPSA) is 132 Å². The summed E-state index contributed by atoms with van der Waals surface area (Å²) in [6, 6.07) is 8.24. The van der Waals surface area contributed by atoms with Crippen molar-refractivity contribution in [3.8, 4) is 28.6 Å². The lowest BCUT2D eigenvalue weighted by molar-refractivity contribution is 0.0692. The summed E-state index contributed by atoms with van der Waals surface area (Å²) in [4.78, 5) is 15.2. The molecule has 0 atom stereocenters. The molecule has 2 aromatic carbocycles. The normalized spacial score (nSPS) is 13.7. The summed E-state index contributed by atoms with van der Waals surface area (Å²) in [5, 5.41) is 12.7. The lowest BCUT2D eigenvalue weighted by atomic mass is 10.1. The van der Waals surface area contributed by atoms with Gasteiger partial charge in [0.2, 0.25) is 15.8 Å². The minimum Gasteiger partial charge on any atom is -0.491 e. The number of halogens is 1. The maximum Gasteiger partial charge on any atom is 0.338 e. The van der Waals surface area contributed by atoms with Crippen molar-refractivity contribution in [1.29, 1.82) is 0 Å². The van der Waals surface area contributed by atoms with Gasteiger partial charge in [0.15, 0.2) is 0 Å². The molecule has 0 saturated heterocycles. The highest BCUT2D eigenvalue weighted by molar-refractivity contribution is 7.92. The zero-order valence-electron chi connectivity index (χ0n) is 16.3. The number of hydrogen-bond acceptors (Lipinski definition) is 7. The third-order valence-corrected chi connectivity index (χ3v) is 5.17. The Balaban J connectivity index is 1.63. The molecule has 0 radical (unpaired) electrons. The molecule has 162 valence electrons. The van der Waals surface area contributed by atoms with Crippen molar-refractivity contribution in [3.63, 3.8) is 0 Å². The van der Waals surface area contributed by atoms with Crippen molar-refractivity contribution in [2.24, 2.45) is 5.92 Å². The van der Waals surface area contributed by atoms with Crippen LogP contribution in [0.1, 0.15) is 23.2 Å². The summed E-state index contributed by atoms with van der Waals surface area (Å²) in [5.41, 5.74) is 0.422. The average Bonchev–Trinajstić information content (AvgIpc) is 3.39. The molecule has 0 aliphatic heterocycles. The Morgan fingerprint density at radius 3 is 2.65 bits per heavy atom. The van der Waals surface area contributed by atoms with Crippen molar-refractivity contribution in [2.75, 3.05) is 17.6 Å². The first-order valence-electron chi connectivity index (χ1n) is 9.31. The van der Waals surface area contributed by atoms with E-state index in [2.05, 4.69) is 14.9 Å². The van der Waals surface area contributed by atoms with Gasteiger partial charge in [0.05, 0.1) is 24.1 Å². The zero-order valence-corrected chi connectivity index (χ0v) is 17.1. The van der Waals surface area contributed by atoms with Crippen LogP contribution < -0.4 is 9.46 Å². The first kappa shape index (κ1) is 20.8. The van der Waals surface area contributed by atoms with Gasteiger partial charge in [-0.1, -0.05) is 5.16 Å². The lowest BCUT2D eigenvalue weighted by Gasteiger charge is -2.13. The van der Waals surface area contributed by atoms with Gasteiger partial charge in [-0.3, -0.25) is 4.72 Å². The van der Waals surface area contributed by atoms with E-state index < -0.39 is 27.4 Å². The Hall–Kier alpha value is -3.47. The number of carbonyl (C=O) groups is 1. The van der Waals surface area contributed by atoms with Crippen LogP contribution in [0, 0.1) is 11.7 Å². The van der Waals surface area contributed by atoms with Crippen LogP contribution in [-0.4, -0.2) is 42.5 Å². The highest BCUT2D eigenvalue weighted by Crippen LogP contribution is 2.35. The van der Waals surface area contributed by atoms with Gasteiger partial charge in [-0.2, -0.15) is 4.98 Å². The molecule has 1 aliphatic carbocycles. The van der Waals surface area contributed by atoms with Crippen LogP contribution in [0.5, 0.6) is 5.75 Å². The number of aromatic carboxylic acids is 1. The highest BCUT2D eigenvalue weighted by Gasteiger charge is 2.23. The number of ether oxygens (including phenoxy) is 1. The van der Waals surface area contributed by atoms with E-state index in [0.717, 1.165) is 31.2 Å². The fourth-order valence-corrected chi connectivity index (χ4v) is 3.41. The zero-order chi connectivity index (χ0) is 22.2. The average molecular weight is 447 g/mol. The third kappa shape index (κ3) is 5.00. The fourth-order valence-electron chi connectivity index (χ4n) is 2.85. The van der Waals surface area contributed by atoms with Gasteiger partial charge in [-0.25, -0.2) is 17.6 Å². The molecule has 1 saturated carbocycles. The number of nitrogens with one attached hydrogen (secondary N) is 1. The Labute approximate surface area is 176 Å². The summed E-state index contributed by atoms with van der Waals surface area (Å²) in [6.07, 6.45) is 3.21. The molecule has 4 rings (SSSR count). The van der Waals surface area contributed by atoms with Crippen LogP contribution in [0.15, 0.2) is 40.9 Å². The van der Waals surface area contributed by atoms with E-state index in [-0.39, 0.29) is 23.0 Å². The van der Waals surface area contributed by atoms with E-state index in [1.807, 2.05) is 0 Å². The predicted octanol–water partition coefficient (Wildman–Crippen LogP) is 3.40. The minimum atomic E-state index is -3.56. The van der Waals surface area contributed by atoms with E-state index in [4.69, 9.17) is 14.4 Å². The van der Waals surface area contributed by atoms with Gasteiger partial charge < -0.3 is 14.4 Å². The van der Waals surface area contributed by atoms with Crippen LogP contribution in [0.2, 0.25) is 0 Å². The number of sulfonamides is 1. The van der Waals surface area contributed by atoms with Crippen molar-refractivity contribution in [1.82, 2.24) is 10.1 Å². The molecular formula is C20H18FN3O6S. The van der Waals surface area contributed by atoms with Gasteiger partial charge >= 0.3 is 5.97 Å². The standard InChI is InChI=1S/C20H18FN3O6S/c1-31(27,28)24-16-9-13(5-7-17(16)29-10-11-2-3-11)19-22-18(23-30-19)12-4-6-14(20(25)26)15(21)8-12/h4-9,11,24H,2-3,10H2,1H3,(H,25,26). The Morgan fingerprint density at radius 2 is 2.00 bits per heavy atom. The monoisotopic (exact) mass is 447 g/mol. The van der Waals surface area contributed by atoms with E-state index in [1.54, 1.807) is 12.1 Å². The molecule has 1 heterocycles. The minimum absolute atomic E-state index is 0.0533. The summed E-state index contributed by atoms with van der Waals surface area (Å²) in [6.45, 7) is 0.500. The highest BCUT2D eigenvalue weighted by atomic mass is 32.2. The van der Waals surface area contributed by atoms with Crippen LogP contribution in [0.3, 0.4) is 0 Å². The van der Waals surface area contributed by atoms with Gasteiger partial charge in [-0.15, -0.1) is 0 Å². The fraction of sp³-hybridized carbons (Fsp3) is 0.250.